The molecular weight excluding hydrogens is 326 g/mol. The van der Waals surface area contributed by atoms with Crippen molar-refractivity contribution in [1.29, 1.82) is 0 Å². The molecule has 2 heterocycles. The molecule has 1 aromatic rings. The summed E-state index contributed by atoms with van der Waals surface area (Å²) in [6.07, 6.45) is 7.14. The Labute approximate surface area is 157 Å². The number of likely N-dealkylation sites (tertiary alicyclic amines) is 2. The summed E-state index contributed by atoms with van der Waals surface area (Å²) in [7, 11) is 0. The molecule has 1 atom stereocenters. The van der Waals surface area contributed by atoms with Crippen LogP contribution < -0.4 is 5.32 Å². The highest BCUT2D eigenvalue weighted by molar-refractivity contribution is 5.94. The maximum atomic E-state index is 12.3. The molecule has 0 aromatic heterocycles. The highest BCUT2D eigenvalue weighted by Gasteiger charge is 2.16. The van der Waals surface area contributed by atoms with Gasteiger partial charge >= 0.3 is 0 Å². The molecule has 2 N–H and O–H groups in total. The third-order valence-corrected chi connectivity index (χ3v) is 5.49. The number of amides is 1. The zero-order valence-corrected chi connectivity index (χ0v) is 15.8. The molecule has 2 aliphatic rings. The Kier molecular flexibility index (Phi) is 7.47. The van der Waals surface area contributed by atoms with E-state index in [1.54, 1.807) is 0 Å². The van der Waals surface area contributed by atoms with Crippen molar-refractivity contribution in [3.8, 4) is 0 Å². The summed E-state index contributed by atoms with van der Waals surface area (Å²) in [5.41, 5.74) is 1.92. The molecule has 5 nitrogen and oxygen atoms in total. The fourth-order valence-corrected chi connectivity index (χ4v) is 3.95. The van der Waals surface area contributed by atoms with Crippen LogP contribution >= 0.6 is 0 Å². The number of carbonyl (C=O) groups excluding carboxylic acids is 1. The van der Waals surface area contributed by atoms with Crippen LogP contribution in [0.5, 0.6) is 0 Å². The second-order valence-electron chi connectivity index (χ2n) is 7.76. The van der Waals surface area contributed by atoms with E-state index >= 15 is 0 Å². The van der Waals surface area contributed by atoms with E-state index in [-0.39, 0.29) is 5.91 Å². The zero-order valence-electron chi connectivity index (χ0n) is 15.8. The van der Waals surface area contributed by atoms with Crippen LogP contribution in [0.25, 0.3) is 0 Å². The van der Waals surface area contributed by atoms with Crippen LogP contribution in [0.1, 0.15) is 54.4 Å². The van der Waals surface area contributed by atoms with Crippen LogP contribution in [0, 0.1) is 0 Å². The Bertz CT molecular complexity index is 549. The smallest absolute Gasteiger partial charge is 0.251 e. The molecular formula is C21H33N3O2. The largest absolute Gasteiger partial charge is 0.390 e. The molecule has 0 saturated carbocycles. The van der Waals surface area contributed by atoms with Gasteiger partial charge in [0, 0.05) is 25.2 Å². The van der Waals surface area contributed by atoms with Crippen LogP contribution in [0.15, 0.2) is 24.3 Å². The third-order valence-electron chi connectivity index (χ3n) is 5.49. The highest BCUT2D eigenvalue weighted by Crippen LogP contribution is 2.14. The Morgan fingerprint density at radius 3 is 2.12 bits per heavy atom. The van der Waals surface area contributed by atoms with Gasteiger partial charge in [-0.25, -0.2) is 0 Å². The van der Waals surface area contributed by atoms with Crippen molar-refractivity contribution < 1.29 is 9.90 Å². The second-order valence-corrected chi connectivity index (χ2v) is 7.76. The maximum absolute atomic E-state index is 12.3. The summed E-state index contributed by atoms with van der Waals surface area (Å²) >= 11 is 0. The first-order chi connectivity index (χ1) is 12.7. The SMILES string of the molecule is O=C(NCC(O)CN1CCCCC1)c1ccc(CN2CCCCC2)cc1. The molecule has 2 aliphatic heterocycles. The minimum Gasteiger partial charge on any atom is -0.390 e. The van der Waals surface area contributed by atoms with Crippen molar-refractivity contribution in [2.24, 2.45) is 0 Å². The molecule has 144 valence electrons. The van der Waals surface area contributed by atoms with Crippen LogP contribution in [0.3, 0.4) is 0 Å². The lowest BCUT2D eigenvalue weighted by molar-refractivity contribution is 0.0831. The molecule has 2 saturated heterocycles. The van der Waals surface area contributed by atoms with Crippen molar-refractivity contribution in [3.05, 3.63) is 35.4 Å². The highest BCUT2D eigenvalue weighted by atomic mass is 16.3. The number of piperidine rings is 2. The van der Waals surface area contributed by atoms with Gasteiger partial charge in [0.25, 0.3) is 5.91 Å². The summed E-state index contributed by atoms with van der Waals surface area (Å²) in [4.78, 5) is 17.1. The van der Waals surface area contributed by atoms with E-state index in [1.807, 2.05) is 24.3 Å². The number of β-amino-alcohol motifs (C(OH)–C–C–N with tert-alkyl or cyclic N) is 1. The fourth-order valence-electron chi connectivity index (χ4n) is 3.95. The number of hydrogen-bond donors (Lipinski definition) is 2. The van der Waals surface area contributed by atoms with Crippen molar-refractivity contribution >= 4 is 5.91 Å². The lowest BCUT2D eigenvalue weighted by atomic mass is 10.1. The van der Waals surface area contributed by atoms with Crippen LogP contribution in [-0.2, 0) is 6.54 Å². The summed E-state index contributed by atoms with van der Waals surface area (Å²) in [6, 6.07) is 7.89. The molecule has 26 heavy (non-hydrogen) atoms. The predicted molar refractivity (Wildman–Crippen MR) is 104 cm³/mol. The Morgan fingerprint density at radius 2 is 1.50 bits per heavy atom. The van der Waals surface area contributed by atoms with Crippen molar-refractivity contribution in [2.75, 3.05) is 39.3 Å². The van der Waals surface area contributed by atoms with Gasteiger partial charge in [-0.2, -0.15) is 0 Å². The standard InChI is InChI=1S/C21H33N3O2/c25-20(17-24-13-5-2-6-14-24)15-22-21(26)19-9-7-18(8-10-19)16-23-11-3-1-4-12-23/h7-10,20,25H,1-6,11-17H2,(H,22,26). The molecule has 0 radical (unpaired) electrons. The Morgan fingerprint density at radius 1 is 0.923 bits per heavy atom. The number of carbonyl (C=O) groups is 1. The van der Waals surface area contributed by atoms with Gasteiger partial charge in [-0.3, -0.25) is 9.69 Å². The summed E-state index contributed by atoms with van der Waals surface area (Å²) in [5, 5.41) is 13.0. The molecule has 0 bridgehead atoms. The third kappa shape index (κ3) is 6.08. The lowest BCUT2D eigenvalue weighted by Crippen LogP contribution is -2.42. The van der Waals surface area contributed by atoms with Crippen LogP contribution in [0.2, 0.25) is 0 Å². The topological polar surface area (TPSA) is 55.8 Å². The monoisotopic (exact) mass is 359 g/mol. The minimum atomic E-state index is -0.504. The quantitative estimate of drug-likeness (QED) is 0.784. The number of nitrogens with one attached hydrogen (secondary N) is 1. The number of benzene rings is 1. The van der Waals surface area contributed by atoms with Crippen molar-refractivity contribution in [3.63, 3.8) is 0 Å². The van der Waals surface area contributed by atoms with Crippen LogP contribution in [-0.4, -0.2) is 66.2 Å². The van der Waals surface area contributed by atoms with E-state index < -0.39 is 6.10 Å². The van der Waals surface area contributed by atoms with Gasteiger partial charge in [-0.1, -0.05) is 25.0 Å². The minimum absolute atomic E-state index is 0.104. The van der Waals surface area contributed by atoms with Gasteiger partial charge in [0.1, 0.15) is 0 Å². The molecule has 0 aliphatic carbocycles. The molecule has 3 rings (SSSR count). The van der Waals surface area contributed by atoms with Gasteiger partial charge in [-0.05, 0) is 69.6 Å². The number of hydrogen-bond acceptors (Lipinski definition) is 4. The average molecular weight is 360 g/mol. The Hall–Kier alpha value is -1.43. The lowest BCUT2D eigenvalue weighted by Gasteiger charge is -2.28. The van der Waals surface area contributed by atoms with Gasteiger partial charge < -0.3 is 15.3 Å². The van der Waals surface area contributed by atoms with Gasteiger partial charge in [0.2, 0.25) is 0 Å². The van der Waals surface area contributed by atoms with Gasteiger partial charge in [0.15, 0.2) is 0 Å². The first kappa shape index (κ1) is 19.3. The van der Waals surface area contributed by atoms with E-state index in [1.165, 1.54) is 57.2 Å². The fraction of sp³-hybridized carbons (Fsp3) is 0.667. The first-order valence-corrected chi connectivity index (χ1v) is 10.2. The molecule has 1 unspecified atom stereocenters. The molecule has 0 spiro atoms. The van der Waals surface area contributed by atoms with Gasteiger partial charge in [0.05, 0.1) is 6.10 Å². The van der Waals surface area contributed by atoms with E-state index in [0.29, 0.717) is 18.7 Å². The van der Waals surface area contributed by atoms with E-state index in [0.717, 1.165) is 19.6 Å². The molecule has 1 amide bonds. The zero-order chi connectivity index (χ0) is 18.2. The van der Waals surface area contributed by atoms with E-state index in [4.69, 9.17) is 0 Å². The summed E-state index contributed by atoms with van der Waals surface area (Å²) < 4.78 is 0. The molecule has 2 fully saturated rings. The van der Waals surface area contributed by atoms with Gasteiger partial charge in [-0.15, -0.1) is 0 Å². The molecule has 1 aromatic carbocycles. The second kappa shape index (κ2) is 10.0. The van der Waals surface area contributed by atoms with Crippen LogP contribution in [0.4, 0.5) is 0 Å². The number of aliphatic hydroxyl groups is 1. The normalized spacial score (nSPS) is 20.7. The Balaban J connectivity index is 1.40. The number of nitrogens with zero attached hydrogens (tertiary/aromatic N) is 2. The maximum Gasteiger partial charge on any atom is 0.251 e. The number of aliphatic hydroxyl groups excluding tert-OH is 1. The first-order valence-electron chi connectivity index (χ1n) is 10.2. The van der Waals surface area contributed by atoms with E-state index in [2.05, 4.69) is 15.1 Å². The van der Waals surface area contributed by atoms with Crippen molar-refractivity contribution in [2.45, 2.75) is 51.2 Å². The van der Waals surface area contributed by atoms with E-state index in [9.17, 15) is 9.90 Å². The molecule has 5 heteroatoms. The predicted octanol–water partition coefficient (Wildman–Crippen LogP) is 2.25. The number of rotatable bonds is 7. The summed E-state index contributed by atoms with van der Waals surface area (Å²) in [5.74, 6) is -0.104. The van der Waals surface area contributed by atoms with Crippen molar-refractivity contribution in [1.82, 2.24) is 15.1 Å². The summed E-state index contributed by atoms with van der Waals surface area (Å²) in [6.45, 7) is 6.40. The average Bonchev–Trinajstić information content (AvgIpc) is 2.68.